The molecule has 0 aliphatic carbocycles. The molecular weight excluding hydrogens is 342 g/mol. The van der Waals surface area contributed by atoms with Crippen LogP contribution in [-0.4, -0.2) is 21.1 Å². The van der Waals surface area contributed by atoms with E-state index in [1.165, 1.54) is 24.4 Å². The van der Waals surface area contributed by atoms with E-state index in [-0.39, 0.29) is 11.4 Å². The molecule has 0 aliphatic rings. The van der Waals surface area contributed by atoms with Crippen molar-refractivity contribution in [2.45, 2.75) is 12.7 Å². The first-order valence-corrected chi connectivity index (χ1v) is 7.70. The standard InChI is InChI=1S/C18H14F2N4O2/c19-10-11-3-5-12(6-4-11)16(17-13(20)2-1-9-21-17)22-18(26)14-7-8-15(25)24-23-14/h1-9,16H,10H2,(H,22,26)(H,24,25)/t16-/m0/s1. The Morgan fingerprint density at radius 2 is 1.92 bits per heavy atom. The lowest BCUT2D eigenvalue weighted by molar-refractivity contribution is 0.0935. The molecule has 0 fully saturated rings. The predicted molar refractivity (Wildman–Crippen MR) is 89.6 cm³/mol. The minimum Gasteiger partial charge on any atom is -0.338 e. The number of rotatable bonds is 5. The van der Waals surface area contributed by atoms with E-state index in [2.05, 4.69) is 20.5 Å². The van der Waals surface area contributed by atoms with Gasteiger partial charge in [-0.3, -0.25) is 14.6 Å². The summed E-state index contributed by atoms with van der Waals surface area (Å²) in [5.74, 6) is -1.22. The summed E-state index contributed by atoms with van der Waals surface area (Å²) in [6.07, 6.45) is 1.41. The van der Waals surface area contributed by atoms with Crippen LogP contribution in [0, 0.1) is 5.82 Å². The number of carbonyl (C=O) groups is 1. The van der Waals surface area contributed by atoms with E-state index in [9.17, 15) is 18.4 Å². The number of carbonyl (C=O) groups excluding carboxylic acids is 1. The van der Waals surface area contributed by atoms with Crippen LogP contribution in [-0.2, 0) is 6.67 Å². The van der Waals surface area contributed by atoms with Gasteiger partial charge in [0, 0.05) is 12.3 Å². The Morgan fingerprint density at radius 1 is 1.15 bits per heavy atom. The number of benzene rings is 1. The van der Waals surface area contributed by atoms with Crippen molar-refractivity contribution in [1.82, 2.24) is 20.5 Å². The van der Waals surface area contributed by atoms with E-state index in [0.717, 1.165) is 6.07 Å². The van der Waals surface area contributed by atoms with Gasteiger partial charge in [0.25, 0.3) is 11.5 Å². The highest BCUT2D eigenvalue weighted by Crippen LogP contribution is 2.23. The molecule has 0 aliphatic heterocycles. The number of aromatic nitrogens is 3. The molecule has 8 heteroatoms. The van der Waals surface area contributed by atoms with E-state index in [4.69, 9.17) is 0 Å². The zero-order chi connectivity index (χ0) is 18.5. The van der Waals surface area contributed by atoms with Crippen LogP contribution in [0.1, 0.15) is 33.4 Å². The number of pyridine rings is 1. The number of amides is 1. The summed E-state index contributed by atoms with van der Waals surface area (Å²) in [6, 6.07) is 10.5. The number of hydrogen-bond donors (Lipinski definition) is 2. The third-order valence-electron chi connectivity index (χ3n) is 3.71. The van der Waals surface area contributed by atoms with Crippen LogP contribution in [0.25, 0.3) is 0 Å². The molecule has 1 amide bonds. The molecule has 0 unspecified atom stereocenters. The summed E-state index contributed by atoms with van der Waals surface area (Å²) in [6.45, 7) is -0.628. The maximum Gasteiger partial charge on any atom is 0.272 e. The highest BCUT2D eigenvalue weighted by molar-refractivity contribution is 5.92. The minimum absolute atomic E-state index is 0.0123. The van der Waals surface area contributed by atoms with Crippen LogP contribution in [0.5, 0.6) is 0 Å². The van der Waals surface area contributed by atoms with Gasteiger partial charge in [-0.05, 0) is 29.3 Å². The Bertz CT molecular complexity index is 953. The van der Waals surface area contributed by atoms with Gasteiger partial charge in [0.1, 0.15) is 23.9 Å². The first-order valence-electron chi connectivity index (χ1n) is 7.70. The zero-order valence-corrected chi connectivity index (χ0v) is 13.4. The lowest BCUT2D eigenvalue weighted by Crippen LogP contribution is -2.31. The predicted octanol–water partition coefficient (Wildman–Crippen LogP) is 2.29. The monoisotopic (exact) mass is 356 g/mol. The van der Waals surface area contributed by atoms with E-state index in [1.807, 2.05) is 0 Å². The number of aromatic amines is 1. The summed E-state index contributed by atoms with van der Waals surface area (Å²) >= 11 is 0. The highest BCUT2D eigenvalue weighted by Gasteiger charge is 2.23. The molecule has 2 N–H and O–H groups in total. The Labute approximate surface area is 146 Å². The van der Waals surface area contributed by atoms with Gasteiger partial charge in [-0.15, -0.1) is 0 Å². The van der Waals surface area contributed by atoms with Crippen molar-refractivity contribution < 1.29 is 13.6 Å². The van der Waals surface area contributed by atoms with E-state index < -0.39 is 30.0 Å². The molecule has 1 aromatic carbocycles. The van der Waals surface area contributed by atoms with Gasteiger partial charge >= 0.3 is 0 Å². The van der Waals surface area contributed by atoms with Crippen LogP contribution in [0.4, 0.5) is 8.78 Å². The fourth-order valence-corrected chi connectivity index (χ4v) is 2.40. The molecule has 2 aromatic heterocycles. The molecule has 0 spiro atoms. The number of H-pyrrole nitrogens is 1. The second-order valence-electron chi connectivity index (χ2n) is 5.46. The lowest BCUT2D eigenvalue weighted by Gasteiger charge is -2.19. The molecule has 2 heterocycles. The van der Waals surface area contributed by atoms with Crippen molar-refractivity contribution in [3.8, 4) is 0 Å². The van der Waals surface area contributed by atoms with Crippen LogP contribution >= 0.6 is 0 Å². The molecule has 3 aromatic rings. The molecule has 0 radical (unpaired) electrons. The van der Waals surface area contributed by atoms with Gasteiger partial charge in [-0.2, -0.15) is 5.10 Å². The minimum atomic E-state index is -0.911. The van der Waals surface area contributed by atoms with Gasteiger partial charge in [-0.25, -0.2) is 13.9 Å². The van der Waals surface area contributed by atoms with Crippen LogP contribution in [0.3, 0.4) is 0 Å². The summed E-state index contributed by atoms with van der Waals surface area (Å²) in [5, 5.41) is 8.46. The maximum atomic E-state index is 14.2. The van der Waals surface area contributed by atoms with Crippen molar-refractivity contribution >= 4 is 5.91 Å². The van der Waals surface area contributed by atoms with Gasteiger partial charge in [0.05, 0.1) is 6.04 Å². The largest absolute Gasteiger partial charge is 0.338 e. The van der Waals surface area contributed by atoms with Gasteiger partial charge in [-0.1, -0.05) is 24.3 Å². The second-order valence-corrected chi connectivity index (χ2v) is 5.46. The Kier molecular flexibility index (Phi) is 5.12. The number of alkyl halides is 1. The highest BCUT2D eigenvalue weighted by atomic mass is 19.1. The average Bonchev–Trinajstić information content (AvgIpc) is 2.67. The molecule has 3 rings (SSSR count). The van der Waals surface area contributed by atoms with Crippen LogP contribution in [0.2, 0.25) is 0 Å². The second kappa shape index (κ2) is 7.64. The lowest BCUT2D eigenvalue weighted by atomic mass is 10.0. The summed E-state index contributed by atoms with van der Waals surface area (Å²) in [7, 11) is 0. The third kappa shape index (κ3) is 3.80. The van der Waals surface area contributed by atoms with Crippen molar-refractivity contribution in [2.24, 2.45) is 0 Å². The molecule has 1 atom stereocenters. The van der Waals surface area contributed by atoms with E-state index in [1.54, 1.807) is 24.3 Å². The van der Waals surface area contributed by atoms with E-state index >= 15 is 0 Å². The SMILES string of the molecule is O=C(N[C@@H](c1ccc(CF)cc1)c1ncccc1F)c1ccc(=O)[nH]n1. The van der Waals surface area contributed by atoms with Gasteiger partial charge < -0.3 is 5.32 Å². The normalized spacial score (nSPS) is 11.8. The van der Waals surface area contributed by atoms with Gasteiger partial charge in [0.2, 0.25) is 0 Å². The maximum absolute atomic E-state index is 14.2. The molecule has 132 valence electrons. The number of nitrogens with zero attached hydrogens (tertiary/aromatic N) is 2. The van der Waals surface area contributed by atoms with Crippen molar-refractivity contribution in [3.05, 3.63) is 93.4 Å². The molecule has 0 saturated carbocycles. The Hall–Kier alpha value is -3.42. The zero-order valence-electron chi connectivity index (χ0n) is 13.4. The van der Waals surface area contributed by atoms with Crippen molar-refractivity contribution in [3.63, 3.8) is 0 Å². The first kappa shape index (κ1) is 17.4. The van der Waals surface area contributed by atoms with Crippen molar-refractivity contribution in [1.29, 1.82) is 0 Å². The average molecular weight is 356 g/mol. The molecule has 0 saturated heterocycles. The molecule has 6 nitrogen and oxygen atoms in total. The molecule has 0 bridgehead atoms. The molecule has 26 heavy (non-hydrogen) atoms. The molecular formula is C18H14F2N4O2. The Balaban J connectivity index is 1.97. The summed E-state index contributed by atoms with van der Waals surface area (Å²) in [4.78, 5) is 27.5. The number of halogens is 2. The fraction of sp³-hybridized carbons (Fsp3) is 0.111. The third-order valence-corrected chi connectivity index (χ3v) is 3.71. The topological polar surface area (TPSA) is 87.7 Å². The quantitative estimate of drug-likeness (QED) is 0.734. The summed E-state index contributed by atoms with van der Waals surface area (Å²) in [5.41, 5.74) is 0.514. The van der Waals surface area contributed by atoms with E-state index in [0.29, 0.717) is 11.1 Å². The smallest absolute Gasteiger partial charge is 0.272 e. The van der Waals surface area contributed by atoms with Crippen LogP contribution in [0.15, 0.2) is 59.5 Å². The summed E-state index contributed by atoms with van der Waals surface area (Å²) < 4.78 is 27.0. The van der Waals surface area contributed by atoms with Gasteiger partial charge in [0.15, 0.2) is 0 Å². The van der Waals surface area contributed by atoms with Crippen molar-refractivity contribution in [2.75, 3.05) is 0 Å². The fourth-order valence-electron chi connectivity index (χ4n) is 2.40. The number of hydrogen-bond acceptors (Lipinski definition) is 4. The van der Waals surface area contributed by atoms with Crippen LogP contribution < -0.4 is 10.9 Å². The Morgan fingerprint density at radius 3 is 2.54 bits per heavy atom. The number of nitrogens with one attached hydrogen (secondary N) is 2. The first-order chi connectivity index (χ1) is 12.6.